The van der Waals surface area contributed by atoms with E-state index in [4.69, 9.17) is 0 Å². The van der Waals surface area contributed by atoms with E-state index in [9.17, 15) is 18.5 Å². The Labute approximate surface area is 200 Å². The fourth-order valence-electron chi connectivity index (χ4n) is 3.85. The maximum atomic E-state index is 13.0. The van der Waals surface area contributed by atoms with E-state index in [-0.39, 0.29) is 10.6 Å². The van der Waals surface area contributed by atoms with Gasteiger partial charge in [-0.25, -0.2) is 13.4 Å². The number of nitro benzene ring substituents is 1. The normalized spacial score (nSPS) is 11.4. The number of sulfonamides is 1. The van der Waals surface area contributed by atoms with Crippen LogP contribution in [0.3, 0.4) is 0 Å². The quantitative estimate of drug-likeness (QED) is 0.260. The molecule has 0 saturated carbocycles. The van der Waals surface area contributed by atoms with Gasteiger partial charge in [-0.05, 0) is 42.0 Å². The predicted octanol–water partition coefficient (Wildman–Crippen LogP) is 4.86. The first-order valence-electron chi connectivity index (χ1n) is 10.6. The van der Waals surface area contributed by atoms with E-state index in [0.717, 1.165) is 16.5 Å². The summed E-state index contributed by atoms with van der Waals surface area (Å²) in [6.07, 6.45) is 5.00. The van der Waals surface area contributed by atoms with E-state index in [1.165, 1.54) is 18.2 Å². The van der Waals surface area contributed by atoms with Gasteiger partial charge in [0.2, 0.25) is 0 Å². The molecule has 2 aromatic heterocycles. The lowest BCUT2D eigenvalue weighted by molar-refractivity contribution is -0.384. The molecule has 0 aliphatic carbocycles. The molecule has 3 aromatic carbocycles. The third kappa shape index (κ3) is 4.59. The van der Waals surface area contributed by atoms with Crippen molar-refractivity contribution in [3.05, 3.63) is 113 Å². The molecule has 0 aliphatic heterocycles. The van der Waals surface area contributed by atoms with Crippen LogP contribution in [0.4, 0.5) is 11.4 Å². The number of non-ortho nitro benzene ring substituents is 1. The molecule has 0 aliphatic rings. The molecule has 0 saturated heterocycles. The maximum absolute atomic E-state index is 13.0. The van der Waals surface area contributed by atoms with Gasteiger partial charge >= 0.3 is 0 Å². The van der Waals surface area contributed by atoms with E-state index >= 15 is 0 Å². The minimum atomic E-state index is -3.85. The number of imidazole rings is 1. The summed E-state index contributed by atoms with van der Waals surface area (Å²) >= 11 is 0. The lowest BCUT2D eigenvalue weighted by Crippen LogP contribution is -2.13. The first-order chi connectivity index (χ1) is 16.9. The molecule has 35 heavy (non-hydrogen) atoms. The molecule has 0 fully saturated rings. The zero-order valence-electron chi connectivity index (χ0n) is 18.3. The Morgan fingerprint density at radius 2 is 1.69 bits per heavy atom. The second-order valence-electron chi connectivity index (χ2n) is 7.82. The van der Waals surface area contributed by atoms with Crippen LogP contribution in [0.2, 0.25) is 0 Å². The minimum absolute atomic E-state index is 0.0298. The van der Waals surface area contributed by atoms with Crippen molar-refractivity contribution in [2.45, 2.75) is 11.4 Å². The molecule has 0 bridgehead atoms. The SMILES string of the molecule is O=[N+]([O-])c1cccc(Cn2ccnc2-c2ccc(NS(=O)(=O)c3cccc4cccnc34)cc2)c1. The van der Waals surface area contributed by atoms with Crippen molar-refractivity contribution >= 4 is 32.3 Å². The predicted molar refractivity (Wildman–Crippen MR) is 132 cm³/mol. The Balaban J connectivity index is 1.38. The number of nitro groups is 1. The molecule has 0 amide bonds. The molecule has 5 rings (SSSR count). The second kappa shape index (κ2) is 8.99. The van der Waals surface area contributed by atoms with E-state index in [1.54, 1.807) is 61.1 Å². The van der Waals surface area contributed by atoms with Gasteiger partial charge in [-0.1, -0.05) is 30.3 Å². The van der Waals surface area contributed by atoms with Crippen LogP contribution < -0.4 is 4.72 Å². The van der Waals surface area contributed by atoms with E-state index in [2.05, 4.69) is 14.7 Å². The van der Waals surface area contributed by atoms with Crippen LogP contribution in [-0.2, 0) is 16.6 Å². The number of pyridine rings is 1. The molecule has 0 spiro atoms. The Morgan fingerprint density at radius 3 is 2.49 bits per heavy atom. The van der Waals surface area contributed by atoms with Crippen LogP contribution in [0.25, 0.3) is 22.3 Å². The smallest absolute Gasteiger partial charge is 0.269 e. The van der Waals surface area contributed by atoms with E-state index < -0.39 is 14.9 Å². The van der Waals surface area contributed by atoms with Crippen LogP contribution in [0.15, 0.2) is 102 Å². The van der Waals surface area contributed by atoms with Crippen molar-refractivity contribution < 1.29 is 13.3 Å². The maximum Gasteiger partial charge on any atom is 0.269 e. The first-order valence-corrected chi connectivity index (χ1v) is 12.1. The Kier molecular flexibility index (Phi) is 5.71. The highest BCUT2D eigenvalue weighted by atomic mass is 32.2. The van der Waals surface area contributed by atoms with Gasteiger partial charge in [-0.15, -0.1) is 0 Å². The summed E-state index contributed by atoms with van der Waals surface area (Å²) in [6.45, 7) is 0.402. The van der Waals surface area contributed by atoms with Crippen molar-refractivity contribution in [2.75, 3.05) is 4.72 Å². The van der Waals surface area contributed by atoms with Gasteiger partial charge < -0.3 is 4.57 Å². The molecule has 0 unspecified atom stereocenters. The number of anilines is 1. The Hall–Kier alpha value is -4.57. The van der Waals surface area contributed by atoms with Gasteiger partial charge in [0, 0.05) is 53.9 Å². The summed E-state index contributed by atoms with van der Waals surface area (Å²) < 4.78 is 30.6. The average molecular weight is 486 g/mol. The van der Waals surface area contributed by atoms with Gasteiger partial charge in [0.1, 0.15) is 10.7 Å². The number of hydrogen-bond donors (Lipinski definition) is 1. The van der Waals surface area contributed by atoms with Crippen LogP contribution in [-0.4, -0.2) is 27.9 Å². The summed E-state index contributed by atoms with van der Waals surface area (Å²) in [4.78, 5) is 19.4. The average Bonchev–Trinajstić information content (AvgIpc) is 3.32. The molecule has 0 radical (unpaired) electrons. The summed E-state index contributed by atoms with van der Waals surface area (Å²) in [7, 11) is -3.85. The number of aromatic nitrogens is 3. The molecule has 9 nitrogen and oxygen atoms in total. The minimum Gasteiger partial charge on any atom is -0.327 e. The molecule has 0 atom stereocenters. The monoisotopic (exact) mass is 485 g/mol. The largest absolute Gasteiger partial charge is 0.327 e. The highest BCUT2D eigenvalue weighted by Crippen LogP contribution is 2.26. The van der Waals surface area contributed by atoms with Gasteiger partial charge in [0.25, 0.3) is 15.7 Å². The second-order valence-corrected chi connectivity index (χ2v) is 9.47. The van der Waals surface area contributed by atoms with Crippen LogP contribution in [0.1, 0.15) is 5.56 Å². The number of nitrogens with one attached hydrogen (secondary N) is 1. The summed E-state index contributed by atoms with van der Waals surface area (Å²) in [6, 6.07) is 21.9. The zero-order chi connectivity index (χ0) is 24.4. The number of hydrogen-bond acceptors (Lipinski definition) is 6. The van der Waals surface area contributed by atoms with Gasteiger partial charge in [0.05, 0.1) is 10.4 Å². The molecule has 174 valence electrons. The fraction of sp³-hybridized carbons (Fsp3) is 0.0400. The third-order valence-electron chi connectivity index (χ3n) is 5.47. The molecule has 5 aromatic rings. The van der Waals surface area contributed by atoms with Crippen LogP contribution >= 0.6 is 0 Å². The zero-order valence-corrected chi connectivity index (χ0v) is 19.1. The fourth-order valence-corrected chi connectivity index (χ4v) is 5.09. The number of fused-ring (bicyclic) bond motifs is 1. The van der Waals surface area contributed by atoms with Crippen molar-refractivity contribution in [1.29, 1.82) is 0 Å². The van der Waals surface area contributed by atoms with Gasteiger partial charge in [0.15, 0.2) is 0 Å². The molecular formula is C25H19N5O4S. The lowest BCUT2D eigenvalue weighted by atomic mass is 10.1. The summed E-state index contributed by atoms with van der Waals surface area (Å²) in [5.41, 5.74) is 2.38. The number of nitrogens with zero attached hydrogens (tertiary/aromatic N) is 4. The van der Waals surface area contributed by atoms with Crippen molar-refractivity contribution in [2.24, 2.45) is 0 Å². The van der Waals surface area contributed by atoms with Crippen LogP contribution in [0, 0.1) is 10.1 Å². The van der Waals surface area contributed by atoms with Crippen molar-refractivity contribution in [3.8, 4) is 11.4 Å². The highest BCUT2D eigenvalue weighted by molar-refractivity contribution is 7.93. The number of rotatable bonds is 7. The van der Waals surface area contributed by atoms with Gasteiger partial charge in [-0.3, -0.25) is 19.8 Å². The number of para-hydroxylation sites is 1. The highest BCUT2D eigenvalue weighted by Gasteiger charge is 2.18. The van der Waals surface area contributed by atoms with Crippen molar-refractivity contribution in [1.82, 2.24) is 14.5 Å². The van der Waals surface area contributed by atoms with E-state index in [0.29, 0.717) is 23.6 Å². The Morgan fingerprint density at radius 1 is 0.914 bits per heavy atom. The summed E-state index contributed by atoms with van der Waals surface area (Å²) in [5, 5.41) is 11.8. The topological polar surface area (TPSA) is 120 Å². The van der Waals surface area contributed by atoms with E-state index in [1.807, 2.05) is 22.8 Å². The van der Waals surface area contributed by atoms with Gasteiger partial charge in [-0.2, -0.15) is 0 Å². The molecule has 1 N–H and O–H groups in total. The number of benzene rings is 3. The van der Waals surface area contributed by atoms with Crippen molar-refractivity contribution in [3.63, 3.8) is 0 Å². The lowest BCUT2D eigenvalue weighted by Gasteiger charge is -2.11. The third-order valence-corrected chi connectivity index (χ3v) is 6.88. The molecule has 10 heteroatoms. The standard InChI is InChI=1S/C25H19N5O4S/c31-30(32)22-7-1-4-18(16-22)17-29-15-14-27-25(29)20-9-11-21(12-10-20)28-35(33,34)23-8-2-5-19-6-3-13-26-24(19)23/h1-16,28H,17H2. The molecular weight excluding hydrogens is 466 g/mol. The summed E-state index contributed by atoms with van der Waals surface area (Å²) in [5.74, 6) is 0.657. The molecule has 2 heterocycles. The first kappa shape index (κ1) is 22.2. The van der Waals surface area contributed by atoms with Crippen LogP contribution in [0.5, 0.6) is 0 Å². The Bertz CT molecular complexity index is 1640.